The van der Waals surface area contributed by atoms with Crippen molar-refractivity contribution in [2.75, 3.05) is 14.2 Å². The molecule has 3 aromatic carbocycles. The minimum Gasteiger partial charge on any atom is -0.496 e. The van der Waals surface area contributed by atoms with E-state index in [-0.39, 0.29) is 34.2 Å². The lowest BCUT2D eigenvalue weighted by molar-refractivity contribution is -0.142. The number of carboxylic acid groups (broad SMARTS) is 1. The molecule has 8 nitrogen and oxygen atoms in total. The summed E-state index contributed by atoms with van der Waals surface area (Å²) in [5.74, 6) is -2.05. The number of nitrogens with one attached hydrogen (secondary N) is 1. The SMILES string of the molecule is COC(=O)[C@H](Cc1ccc(-c2c(C)cc(CO)cc2OC)cc1)NC(=O)c1c(Cl)cc(C(=O)O)cc1Cl. The number of aliphatic hydroxyl groups is 1. The van der Waals surface area contributed by atoms with Crippen LogP contribution in [-0.4, -0.2) is 48.3 Å². The Hall–Kier alpha value is -3.59. The number of carbonyl (C=O) groups excluding carboxylic acids is 2. The number of aromatic carboxylic acids is 1. The second-order valence-corrected chi connectivity index (χ2v) is 9.03. The molecule has 0 aliphatic heterocycles. The van der Waals surface area contributed by atoms with Gasteiger partial charge in [-0.3, -0.25) is 4.79 Å². The Balaban J connectivity index is 1.85. The van der Waals surface area contributed by atoms with E-state index >= 15 is 0 Å². The third-order valence-electron chi connectivity index (χ3n) is 5.75. The Morgan fingerprint density at radius 3 is 2.11 bits per heavy atom. The van der Waals surface area contributed by atoms with E-state index in [1.165, 1.54) is 7.11 Å². The number of methoxy groups -OCH3 is 2. The molecule has 37 heavy (non-hydrogen) atoms. The monoisotopic (exact) mass is 545 g/mol. The zero-order valence-electron chi connectivity index (χ0n) is 20.3. The Bertz CT molecular complexity index is 1320. The van der Waals surface area contributed by atoms with E-state index in [9.17, 15) is 19.5 Å². The van der Waals surface area contributed by atoms with Crippen molar-refractivity contribution in [3.8, 4) is 16.9 Å². The second kappa shape index (κ2) is 12.1. The van der Waals surface area contributed by atoms with Crippen molar-refractivity contribution in [1.82, 2.24) is 5.32 Å². The molecule has 3 aromatic rings. The Kier molecular flexibility index (Phi) is 9.15. The molecule has 0 saturated carbocycles. The van der Waals surface area contributed by atoms with E-state index in [4.69, 9.17) is 37.8 Å². The van der Waals surface area contributed by atoms with Crippen LogP contribution in [-0.2, 0) is 22.6 Å². The lowest BCUT2D eigenvalue weighted by Crippen LogP contribution is -2.43. The van der Waals surface area contributed by atoms with Gasteiger partial charge in [-0.05, 0) is 47.4 Å². The van der Waals surface area contributed by atoms with Crippen LogP contribution in [0, 0.1) is 6.92 Å². The quantitative estimate of drug-likeness (QED) is 0.333. The molecule has 10 heteroatoms. The van der Waals surface area contributed by atoms with E-state index in [1.54, 1.807) is 13.2 Å². The van der Waals surface area contributed by atoms with Crippen LogP contribution in [0.2, 0.25) is 10.0 Å². The number of hydrogen-bond acceptors (Lipinski definition) is 6. The summed E-state index contributed by atoms with van der Waals surface area (Å²) in [6, 6.07) is 12.2. The fraction of sp³-hybridized carbons (Fsp3) is 0.222. The number of aliphatic hydroxyl groups excluding tert-OH is 1. The standard InChI is InChI=1S/C27H25Cl2NO7/c1-14-8-16(13-31)10-22(36-2)23(14)17-6-4-15(5-7-17)9-21(27(35)37-3)30-25(32)24-19(28)11-18(26(33)34)12-20(24)29/h4-8,10-12,21,31H,9,13H2,1-3H3,(H,30,32)(H,33,34)/t21-/m0/s1. The highest BCUT2D eigenvalue weighted by atomic mass is 35.5. The number of hydrogen-bond donors (Lipinski definition) is 3. The summed E-state index contributed by atoms with van der Waals surface area (Å²) in [6.07, 6.45) is 0.112. The van der Waals surface area contributed by atoms with Gasteiger partial charge in [0.05, 0.1) is 42.0 Å². The Morgan fingerprint density at radius 2 is 1.59 bits per heavy atom. The summed E-state index contributed by atoms with van der Waals surface area (Å²) in [6.45, 7) is 1.82. The lowest BCUT2D eigenvalue weighted by atomic mass is 9.95. The third-order valence-corrected chi connectivity index (χ3v) is 6.35. The van der Waals surface area contributed by atoms with Crippen molar-refractivity contribution in [2.45, 2.75) is 26.0 Å². The number of carboxylic acids is 1. The number of esters is 1. The van der Waals surface area contributed by atoms with Crippen LogP contribution >= 0.6 is 23.2 Å². The number of benzene rings is 3. The third kappa shape index (κ3) is 6.40. The highest BCUT2D eigenvalue weighted by Gasteiger charge is 2.26. The van der Waals surface area contributed by atoms with Crippen molar-refractivity contribution in [2.24, 2.45) is 0 Å². The lowest BCUT2D eigenvalue weighted by Gasteiger charge is -2.18. The van der Waals surface area contributed by atoms with Crippen molar-refractivity contribution in [1.29, 1.82) is 0 Å². The number of halogens is 2. The van der Waals surface area contributed by atoms with Crippen LogP contribution < -0.4 is 10.1 Å². The van der Waals surface area contributed by atoms with Gasteiger partial charge in [0.15, 0.2) is 0 Å². The normalized spacial score (nSPS) is 11.5. The molecule has 194 valence electrons. The summed E-state index contributed by atoms with van der Waals surface area (Å²) in [4.78, 5) is 36.6. The molecule has 0 spiro atoms. The fourth-order valence-electron chi connectivity index (χ4n) is 3.97. The summed E-state index contributed by atoms with van der Waals surface area (Å²) < 4.78 is 10.4. The van der Waals surface area contributed by atoms with Gasteiger partial charge in [0, 0.05) is 12.0 Å². The van der Waals surface area contributed by atoms with Gasteiger partial charge in [0.1, 0.15) is 11.8 Å². The highest BCUT2D eigenvalue weighted by molar-refractivity contribution is 6.40. The van der Waals surface area contributed by atoms with Gasteiger partial charge < -0.3 is 25.0 Å². The molecule has 0 aliphatic carbocycles. The highest BCUT2D eigenvalue weighted by Crippen LogP contribution is 2.35. The smallest absolute Gasteiger partial charge is 0.335 e. The molecule has 0 heterocycles. The van der Waals surface area contributed by atoms with Crippen molar-refractivity contribution < 1.29 is 34.1 Å². The number of amides is 1. The molecule has 0 radical (unpaired) electrons. The first-order valence-corrected chi connectivity index (χ1v) is 11.8. The predicted molar refractivity (Wildman–Crippen MR) is 139 cm³/mol. The molecule has 3 rings (SSSR count). The maximum absolute atomic E-state index is 12.9. The molecule has 0 unspecified atom stereocenters. The molecule has 0 saturated heterocycles. The van der Waals surface area contributed by atoms with Gasteiger partial charge in [-0.1, -0.05) is 53.5 Å². The van der Waals surface area contributed by atoms with E-state index in [1.807, 2.05) is 37.3 Å². The number of carbonyl (C=O) groups is 3. The van der Waals surface area contributed by atoms with Gasteiger partial charge in [-0.15, -0.1) is 0 Å². The number of aryl methyl sites for hydroxylation is 1. The molecule has 0 aromatic heterocycles. The molecule has 3 N–H and O–H groups in total. The molecular formula is C27H25Cl2NO7. The van der Waals surface area contributed by atoms with Crippen LogP contribution in [0.1, 0.15) is 37.4 Å². The molecule has 0 aliphatic rings. The van der Waals surface area contributed by atoms with Gasteiger partial charge in [-0.2, -0.15) is 0 Å². The molecule has 0 bridgehead atoms. The summed E-state index contributed by atoms with van der Waals surface area (Å²) >= 11 is 12.2. The van der Waals surface area contributed by atoms with Gasteiger partial charge in [-0.25, -0.2) is 9.59 Å². The largest absolute Gasteiger partial charge is 0.496 e. The van der Waals surface area contributed by atoms with Crippen LogP contribution in [0.3, 0.4) is 0 Å². The van der Waals surface area contributed by atoms with Gasteiger partial charge in [0.25, 0.3) is 5.91 Å². The summed E-state index contributed by atoms with van der Waals surface area (Å²) in [5, 5.41) is 20.9. The van der Waals surface area contributed by atoms with E-state index in [0.717, 1.165) is 39.9 Å². The Labute approximate surface area is 223 Å². The van der Waals surface area contributed by atoms with Crippen molar-refractivity contribution >= 4 is 41.0 Å². The van der Waals surface area contributed by atoms with E-state index in [0.29, 0.717) is 5.75 Å². The first-order valence-electron chi connectivity index (χ1n) is 11.1. The maximum Gasteiger partial charge on any atom is 0.335 e. The predicted octanol–water partition coefficient (Wildman–Crippen LogP) is 4.68. The zero-order valence-corrected chi connectivity index (χ0v) is 21.8. The first kappa shape index (κ1) is 28.0. The van der Waals surface area contributed by atoms with E-state index in [2.05, 4.69) is 5.32 Å². The summed E-state index contributed by atoms with van der Waals surface area (Å²) in [7, 11) is 2.77. The molecule has 1 atom stereocenters. The van der Waals surface area contributed by atoms with Crippen LogP contribution in [0.5, 0.6) is 5.75 Å². The minimum atomic E-state index is -1.25. The average Bonchev–Trinajstić information content (AvgIpc) is 2.87. The molecule has 0 fully saturated rings. The molecule has 1 amide bonds. The molecular weight excluding hydrogens is 521 g/mol. The van der Waals surface area contributed by atoms with Crippen LogP contribution in [0.25, 0.3) is 11.1 Å². The average molecular weight is 546 g/mol. The topological polar surface area (TPSA) is 122 Å². The number of rotatable bonds is 9. The van der Waals surface area contributed by atoms with E-state index < -0.39 is 23.9 Å². The van der Waals surface area contributed by atoms with Crippen LogP contribution in [0.4, 0.5) is 0 Å². The van der Waals surface area contributed by atoms with Gasteiger partial charge >= 0.3 is 11.9 Å². The Morgan fingerprint density at radius 1 is 0.973 bits per heavy atom. The second-order valence-electron chi connectivity index (χ2n) is 8.22. The van der Waals surface area contributed by atoms with Crippen LogP contribution in [0.15, 0.2) is 48.5 Å². The number of ether oxygens (including phenoxy) is 2. The van der Waals surface area contributed by atoms with Gasteiger partial charge in [0.2, 0.25) is 0 Å². The zero-order chi connectivity index (χ0) is 27.3. The fourth-order valence-corrected chi connectivity index (χ4v) is 4.63. The van der Waals surface area contributed by atoms with Crippen molar-refractivity contribution in [3.05, 3.63) is 86.4 Å². The van der Waals surface area contributed by atoms with Crippen molar-refractivity contribution in [3.63, 3.8) is 0 Å². The summed E-state index contributed by atoms with van der Waals surface area (Å²) in [5.41, 5.74) is 3.83. The minimum absolute atomic E-state index is 0.100. The maximum atomic E-state index is 12.9. The first-order chi connectivity index (χ1) is 17.6.